The molecule has 0 aromatic carbocycles. The van der Waals surface area contributed by atoms with Crippen molar-refractivity contribution in [2.75, 3.05) is 7.11 Å². The maximum atomic E-state index is 12.0. The highest BCUT2D eigenvalue weighted by atomic mass is 35.5. The molecule has 0 aliphatic heterocycles. The molecule has 19 heavy (non-hydrogen) atoms. The Balaban J connectivity index is 1.85. The summed E-state index contributed by atoms with van der Waals surface area (Å²) in [7, 11) is 1.72. The van der Waals surface area contributed by atoms with Crippen LogP contribution < -0.4 is 5.32 Å². The highest BCUT2D eigenvalue weighted by Gasteiger charge is 2.49. The Morgan fingerprint density at radius 3 is 2.95 bits per heavy atom. The Kier molecular flexibility index (Phi) is 4.48. The number of halogens is 1. The fraction of sp³-hybridized carbons (Fsp3) is 0.692. The number of carbonyl (C=O) groups excluding carboxylic acids is 1. The van der Waals surface area contributed by atoms with Gasteiger partial charge >= 0.3 is 0 Å². The maximum absolute atomic E-state index is 12.0. The number of alkyl halides is 1. The topological polar surface area (TPSA) is 51.2 Å². The van der Waals surface area contributed by atoms with Gasteiger partial charge in [0.2, 0.25) is 5.91 Å². The molecular formula is C13H19ClN2O2S. The fourth-order valence-electron chi connectivity index (χ4n) is 2.40. The first-order chi connectivity index (χ1) is 8.97. The van der Waals surface area contributed by atoms with Crippen LogP contribution in [0.2, 0.25) is 0 Å². The van der Waals surface area contributed by atoms with Crippen LogP contribution in [0.5, 0.6) is 0 Å². The zero-order valence-electron chi connectivity index (χ0n) is 11.4. The number of rotatable bonds is 5. The second-order valence-corrected chi connectivity index (χ2v) is 6.65. The molecule has 6 heteroatoms. The van der Waals surface area contributed by atoms with Crippen LogP contribution in [0.3, 0.4) is 0 Å². The summed E-state index contributed by atoms with van der Waals surface area (Å²) in [5.74, 6) is 0.409. The number of nitrogens with zero attached hydrogens (tertiary/aromatic N) is 1. The average molecular weight is 303 g/mol. The lowest BCUT2D eigenvalue weighted by Crippen LogP contribution is -2.62. The minimum Gasteiger partial charge on any atom is -0.381 e. The van der Waals surface area contributed by atoms with Crippen molar-refractivity contribution in [1.29, 1.82) is 0 Å². The Bertz CT molecular complexity index is 461. The van der Waals surface area contributed by atoms with Crippen molar-refractivity contribution in [2.24, 2.45) is 5.41 Å². The van der Waals surface area contributed by atoms with Gasteiger partial charge in [0.05, 0.1) is 24.1 Å². The lowest BCUT2D eigenvalue weighted by Gasteiger charge is -2.51. The number of hydrogen-bond donors (Lipinski definition) is 1. The normalized spacial score (nSPS) is 24.8. The van der Waals surface area contributed by atoms with Gasteiger partial charge in [0.1, 0.15) is 5.01 Å². The molecular weight excluding hydrogens is 284 g/mol. The van der Waals surface area contributed by atoms with Crippen LogP contribution in [0.1, 0.15) is 31.0 Å². The molecule has 0 saturated heterocycles. The Hall–Kier alpha value is -0.650. The molecule has 4 nitrogen and oxygen atoms in total. The van der Waals surface area contributed by atoms with E-state index in [0.717, 1.165) is 17.1 Å². The predicted molar refractivity (Wildman–Crippen MR) is 76.5 cm³/mol. The van der Waals surface area contributed by atoms with E-state index >= 15 is 0 Å². The molecule has 1 saturated carbocycles. The molecule has 0 spiro atoms. The van der Waals surface area contributed by atoms with Gasteiger partial charge in [0.25, 0.3) is 0 Å². The summed E-state index contributed by atoms with van der Waals surface area (Å²) in [6.07, 6.45) is 1.42. The first-order valence-corrected chi connectivity index (χ1v) is 7.70. The lowest BCUT2D eigenvalue weighted by atomic mass is 9.64. The van der Waals surface area contributed by atoms with Crippen LogP contribution in [0.15, 0.2) is 5.38 Å². The quantitative estimate of drug-likeness (QED) is 0.850. The Labute approximate surface area is 122 Å². The largest absolute Gasteiger partial charge is 0.381 e. The van der Waals surface area contributed by atoms with Gasteiger partial charge in [-0.3, -0.25) is 4.79 Å². The van der Waals surface area contributed by atoms with Crippen molar-refractivity contribution >= 4 is 28.8 Å². The van der Waals surface area contributed by atoms with Gasteiger partial charge in [-0.1, -0.05) is 13.8 Å². The van der Waals surface area contributed by atoms with Crippen LogP contribution in [0, 0.1) is 5.41 Å². The van der Waals surface area contributed by atoms with Gasteiger partial charge in [0, 0.05) is 23.9 Å². The maximum Gasteiger partial charge on any atom is 0.227 e. The number of thiazole rings is 1. The van der Waals surface area contributed by atoms with Crippen LogP contribution in [0.25, 0.3) is 0 Å². The molecule has 2 unspecified atom stereocenters. The van der Waals surface area contributed by atoms with E-state index in [4.69, 9.17) is 16.3 Å². The molecule has 0 bridgehead atoms. The third kappa shape index (κ3) is 3.09. The molecule has 1 aliphatic carbocycles. The van der Waals surface area contributed by atoms with Crippen molar-refractivity contribution in [3.05, 3.63) is 16.1 Å². The van der Waals surface area contributed by atoms with E-state index < -0.39 is 0 Å². The SMILES string of the molecule is COC1CC(NC(=O)Cc2nc(CCl)cs2)C1(C)C. The van der Waals surface area contributed by atoms with E-state index in [9.17, 15) is 4.79 Å². The fourth-order valence-corrected chi connectivity index (χ4v) is 3.43. The number of nitrogens with one attached hydrogen (secondary N) is 1. The molecule has 1 fully saturated rings. The van der Waals surface area contributed by atoms with Crippen LogP contribution in [-0.4, -0.2) is 30.1 Å². The van der Waals surface area contributed by atoms with E-state index in [1.165, 1.54) is 11.3 Å². The van der Waals surface area contributed by atoms with Crippen LogP contribution in [0.4, 0.5) is 0 Å². The standard InChI is InChI=1S/C13H19ClN2O2S/c1-13(2)9(4-10(13)18-3)16-11(17)5-12-15-8(6-14)7-19-12/h7,9-10H,4-6H2,1-3H3,(H,16,17). The van der Waals surface area contributed by atoms with Gasteiger partial charge in [-0.25, -0.2) is 4.98 Å². The third-order valence-corrected chi connectivity index (χ3v) is 5.02. The number of methoxy groups -OCH3 is 1. The zero-order valence-corrected chi connectivity index (χ0v) is 13.0. The first kappa shape index (κ1) is 14.8. The Morgan fingerprint density at radius 2 is 2.42 bits per heavy atom. The molecule has 1 aromatic heterocycles. The minimum absolute atomic E-state index is 0.00537. The van der Waals surface area contributed by atoms with Gasteiger partial charge < -0.3 is 10.1 Å². The molecule has 0 radical (unpaired) electrons. The van der Waals surface area contributed by atoms with E-state index in [1.54, 1.807) is 7.11 Å². The summed E-state index contributed by atoms with van der Waals surface area (Å²) in [6, 6.07) is 0.178. The van der Waals surface area contributed by atoms with Crippen LogP contribution in [-0.2, 0) is 21.8 Å². The average Bonchev–Trinajstić information content (AvgIpc) is 2.81. The molecule has 1 heterocycles. The van der Waals surface area contributed by atoms with Crippen molar-refractivity contribution in [1.82, 2.24) is 10.3 Å². The molecule has 1 amide bonds. The van der Waals surface area contributed by atoms with E-state index in [0.29, 0.717) is 12.3 Å². The summed E-state index contributed by atoms with van der Waals surface area (Å²) in [6.45, 7) is 4.23. The Morgan fingerprint density at radius 1 is 1.68 bits per heavy atom. The van der Waals surface area contributed by atoms with Crippen molar-refractivity contribution in [2.45, 2.75) is 44.7 Å². The lowest BCUT2D eigenvalue weighted by molar-refractivity contribution is -0.132. The van der Waals surface area contributed by atoms with E-state index in [-0.39, 0.29) is 23.5 Å². The van der Waals surface area contributed by atoms with E-state index in [1.807, 2.05) is 5.38 Å². The predicted octanol–water partition coefficient (Wildman–Crippen LogP) is 2.35. The second-order valence-electron chi connectivity index (χ2n) is 5.44. The van der Waals surface area contributed by atoms with Crippen LogP contribution >= 0.6 is 22.9 Å². The summed E-state index contributed by atoms with van der Waals surface area (Å²) < 4.78 is 5.37. The highest BCUT2D eigenvalue weighted by Crippen LogP contribution is 2.42. The zero-order chi connectivity index (χ0) is 14.0. The smallest absolute Gasteiger partial charge is 0.227 e. The summed E-state index contributed by atoms with van der Waals surface area (Å²) in [4.78, 5) is 16.3. The molecule has 106 valence electrons. The number of carbonyl (C=O) groups is 1. The molecule has 2 atom stereocenters. The summed E-state index contributed by atoms with van der Waals surface area (Å²) in [5.41, 5.74) is 0.826. The number of hydrogen-bond acceptors (Lipinski definition) is 4. The second kappa shape index (κ2) is 5.77. The van der Waals surface area contributed by atoms with Crippen molar-refractivity contribution in [3.63, 3.8) is 0 Å². The van der Waals surface area contributed by atoms with Gasteiger partial charge in [-0.05, 0) is 6.42 Å². The summed E-state index contributed by atoms with van der Waals surface area (Å²) >= 11 is 7.17. The van der Waals surface area contributed by atoms with Gasteiger partial charge in [0.15, 0.2) is 0 Å². The van der Waals surface area contributed by atoms with Crippen molar-refractivity contribution < 1.29 is 9.53 Å². The van der Waals surface area contributed by atoms with Gasteiger partial charge in [-0.2, -0.15) is 0 Å². The van der Waals surface area contributed by atoms with Crippen molar-refractivity contribution in [3.8, 4) is 0 Å². The highest BCUT2D eigenvalue weighted by molar-refractivity contribution is 7.09. The molecule has 1 aliphatic rings. The molecule has 2 rings (SSSR count). The van der Waals surface area contributed by atoms with Gasteiger partial charge in [-0.15, -0.1) is 22.9 Å². The molecule has 1 N–H and O–H groups in total. The minimum atomic E-state index is -0.00537. The third-order valence-electron chi connectivity index (χ3n) is 3.85. The van der Waals surface area contributed by atoms with E-state index in [2.05, 4.69) is 24.1 Å². The summed E-state index contributed by atoms with van der Waals surface area (Å²) in [5, 5.41) is 5.77. The molecule has 1 aromatic rings. The first-order valence-electron chi connectivity index (χ1n) is 6.28. The number of ether oxygens (including phenoxy) is 1. The number of aromatic nitrogens is 1. The monoisotopic (exact) mass is 302 g/mol. The number of amides is 1.